The molecule has 0 radical (unpaired) electrons. The Labute approximate surface area is 92.4 Å². The number of hydrogen-bond donors (Lipinski definition) is 2. The first-order valence-electron chi connectivity index (χ1n) is 4.78. The molecule has 0 aliphatic carbocycles. The summed E-state index contributed by atoms with van der Waals surface area (Å²) in [4.78, 5) is 0. The van der Waals surface area contributed by atoms with E-state index >= 15 is 0 Å². The van der Waals surface area contributed by atoms with Gasteiger partial charge in [-0.25, -0.2) is 0 Å². The third-order valence-electron chi connectivity index (χ3n) is 1.78. The van der Waals surface area contributed by atoms with Gasteiger partial charge in [0.1, 0.15) is 0 Å². The first kappa shape index (κ1) is 9.92. The molecule has 0 spiro atoms. The fraction of sp³-hybridized carbons (Fsp3) is 0.200. The van der Waals surface area contributed by atoms with Gasteiger partial charge in [0.05, 0.1) is 0 Å². The molecule has 5 heteroatoms. The van der Waals surface area contributed by atoms with Crippen LogP contribution in [-0.2, 0) is 0 Å². The highest BCUT2D eigenvalue weighted by molar-refractivity contribution is 7.19. The Morgan fingerprint density at radius 3 is 2.60 bits per heavy atom. The van der Waals surface area contributed by atoms with Gasteiger partial charge < -0.3 is 10.6 Å². The first-order valence-corrected chi connectivity index (χ1v) is 5.59. The highest BCUT2D eigenvalue weighted by Crippen LogP contribution is 2.23. The van der Waals surface area contributed by atoms with Crippen molar-refractivity contribution in [2.75, 3.05) is 17.2 Å². The lowest BCUT2D eigenvalue weighted by Crippen LogP contribution is -1.94. The molecule has 2 aromatic rings. The van der Waals surface area contributed by atoms with Gasteiger partial charge in [0.15, 0.2) is 0 Å². The van der Waals surface area contributed by atoms with E-state index in [0.717, 1.165) is 22.5 Å². The molecular formula is C10H12N4S. The van der Waals surface area contributed by atoms with Gasteiger partial charge in [-0.1, -0.05) is 29.5 Å². The summed E-state index contributed by atoms with van der Waals surface area (Å²) in [7, 11) is 0. The number of hydrogen-bond acceptors (Lipinski definition) is 5. The van der Waals surface area contributed by atoms with Crippen molar-refractivity contribution in [1.29, 1.82) is 0 Å². The third-order valence-corrected chi connectivity index (χ3v) is 2.57. The Balaban J connectivity index is 2.05. The standard InChI is InChI=1S/C10H12N4S/c1-2-11-9-13-14-10(15-9)12-8-6-4-3-5-7-8/h3-7H,2H2,1H3,(H,11,13)(H,12,14). The molecule has 0 saturated heterocycles. The van der Waals surface area contributed by atoms with E-state index in [0.29, 0.717) is 0 Å². The molecule has 0 fully saturated rings. The summed E-state index contributed by atoms with van der Waals surface area (Å²) >= 11 is 1.51. The molecule has 1 heterocycles. The van der Waals surface area contributed by atoms with Crippen molar-refractivity contribution < 1.29 is 0 Å². The van der Waals surface area contributed by atoms with Gasteiger partial charge in [-0.15, -0.1) is 10.2 Å². The maximum absolute atomic E-state index is 4.02. The molecule has 2 rings (SSSR count). The SMILES string of the molecule is CCNc1nnc(Nc2ccccc2)s1. The molecule has 2 N–H and O–H groups in total. The predicted molar refractivity (Wildman–Crippen MR) is 63.8 cm³/mol. The highest BCUT2D eigenvalue weighted by Gasteiger charge is 2.02. The molecule has 0 bridgehead atoms. The van der Waals surface area contributed by atoms with Crippen LogP contribution in [0.3, 0.4) is 0 Å². The van der Waals surface area contributed by atoms with Crippen LogP contribution < -0.4 is 10.6 Å². The lowest BCUT2D eigenvalue weighted by molar-refractivity contribution is 1.07. The van der Waals surface area contributed by atoms with Crippen LogP contribution in [0.25, 0.3) is 0 Å². The molecule has 78 valence electrons. The van der Waals surface area contributed by atoms with Crippen LogP contribution in [0.2, 0.25) is 0 Å². The van der Waals surface area contributed by atoms with Crippen molar-refractivity contribution in [2.24, 2.45) is 0 Å². The summed E-state index contributed by atoms with van der Waals surface area (Å²) in [5.74, 6) is 0. The number of aromatic nitrogens is 2. The summed E-state index contributed by atoms with van der Waals surface area (Å²) in [6.07, 6.45) is 0. The average Bonchev–Trinajstić information content (AvgIpc) is 2.68. The summed E-state index contributed by atoms with van der Waals surface area (Å²) in [5.41, 5.74) is 1.02. The van der Waals surface area contributed by atoms with Gasteiger partial charge in [-0.3, -0.25) is 0 Å². The molecule has 0 saturated carbocycles. The molecule has 0 aliphatic rings. The van der Waals surface area contributed by atoms with Crippen molar-refractivity contribution in [1.82, 2.24) is 10.2 Å². The average molecular weight is 220 g/mol. The van der Waals surface area contributed by atoms with E-state index in [9.17, 15) is 0 Å². The Kier molecular flexibility index (Phi) is 3.14. The second-order valence-electron chi connectivity index (χ2n) is 2.93. The molecular weight excluding hydrogens is 208 g/mol. The monoisotopic (exact) mass is 220 g/mol. The topological polar surface area (TPSA) is 49.8 Å². The fourth-order valence-corrected chi connectivity index (χ4v) is 1.87. The van der Waals surface area contributed by atoms with Gasteiger partial charge >= 0.3 is 0 Å². The van der Waals surface area contributed by atoms with Crippen molar-refractivity contribution in [2.45, 2.75) is 6.92 Å². The van der Waals surface area contributed by atoms with Crippen molar-refractivity contribution in [3.8, 4) is 0 Å². The zero-order chi connectivity index (χ0) is 10.5. The Morgan fingerprint density at radius 1 is 1.13 bits per heavy atom. The van der Waals surface area contributed by atoms with Crippen LogP contribution >= 0.6 is 11.3 Å². The minimum atomic E-state index is 0.803. The summed E-state index contributed by atoms with van der Waals surface area (Å²) in [5, 5.41) is 16.0. The summed E-state index contributed by atoms with van der Waals surface area (Å²) in [6.45, 7) is 2.89. The fourth-order valence-electron chi connectivity index (χ4n) is 1.14. The van der Waals surface area contributed by atoms with Gasteiger partial charge in [0, 0.05) is 12.2 Å². The van der Waals surface area contributed by atoms with E-state index in [2.05, 4.69) is 20.8 Å². The van der Waals surface area contributed by atoms with Gasteiger partial charge in [-0.2, -0.15) is 0 Å². The molecule has 0 amide bonds. The Bertz CT molecular complexity index is 412. The quantitative estimate of drug-likeness (QED) is 0.831. The summed E-state index contributed by atoms with van der Waals surface area (Å²) in [6, 6.07) is 9.93. The zero-order valence-corrected chi connectivity index (χ0v) is 9.21. The minimum absolute atomic E-state index is 0.803. The Morgan fingerprint density at radius 2 is 1.87 bits per heavy atom. The van der Waals surface area contributed by atoms with E-state index in [4.69, 9.17) is 0 Å². The molecule has 15 heavy (non-hydrogen) atoms. The van der Waals surface area contributed by atoms with E-state index in [1.165, 1.54) is 11.3 Å². The number of nitrogens with one attached hydrogen (secondary N) is 2. The first-order chi connectivity index (χ1) is 7.38. The van der Waals surface area contributed by atoms with Crippen molar-refractivity contribution >= 4 is 27.3 Å². The van der Waals surface area contributed by atoms with E-state index < -0.39 is 0 Å². The largest absolute Gasteiger partial charge is 0.360 e. The van der Waals surface area contributed by atoms with Crippen LogP contribution in [0, 0.1) is 0 Å². The second kappa shape index (κ2) is 4.75. The van der Waals surface area contributed by atoms with E-state index in [1.54, 1.807) is 0 Å². The summed E-state index contributed by atoms with van der Waals surface area (Å²) < 4.78 is 0. The third kappa shape index (κ3) is 2.66. The molecule has 1 aromatic carbocycles. The van der Waals surface area contributed by atoms with Crippen LogP contribution in [0.4, 0.5) is 16.0 Å². The second-order valence-corrected chi connectivity index (χ2v) is 3.91. The predicted octanol–water partition coefficient (Wildman–Crippen LogP) is 2.71. The van der Waals surface area contributed by atoms with E-state index in [1.807, 2.05) is 37.3 Å². The molecule has 4 nitrogen and oxygen atoms in total. The normalized spacial score (nSPS) is 9.93. The number of nitrogens with zero attached hydrogens (tertiary/aromatic N) is 2. The van der Waals surface area contributed by atoms with Crippen LogP contribution in [0.15, 0.2) is 30.3 Å². The van der Waals surface area contributed by atoms with Crippen LogP contribution in [0.1, 0.15) is 6.92 Å². The number of para-hydroxylation sites is 1. The van der Waals surface area contributed by atoms with Crippen molar-refractivity contribution in [3.05, 3.63) is 30.3 Å². The smallest absolute Gasteiger partial charge is 0.211 e. The number of benzene rings is 1. The molecule has 1 aromatic heterocycles. The number of anilines is 3. The van der Waals surface area contributed by atoms with Gasteiger partial charge in [-0.05, 0) is 19.1 Å². The molecule has 0 atom stereocenters. The lowest BCUT2D eigenvalue weighted by Gasteiger charge is -1.99. The van der Waals surface area contributed by atoms with E-state index in [-0.39, 0.29) is 0 Å². The highest BCUT2D eigenvalue weighted by atomic mass is 32.1. The lowest BCUT2D eigenvalue weighted by atomic mass is 10.3. The molecule has 0 aliphatic heterocycles. The van der Waals surface area contributed by atoms with Gasteiger partial charge in [0.25, 0.3) is 0 Å². The minimum Gasteiger partial charge on any atom is -0.360 e. The Hall–Kier alpha value is -1.62. The van der Waals surface area contributed by atoms with Crippen LogP contribution in [0.5, 0.6) is 0 Å². The maximum Gasteiger partial charge on any atom is 0.211 e. The number of rotatable bonds is 4. The molecule has 0 unspecified atom stereocenters. The van der Waals surface area contributed by atoms with Crippen LogP contribution in [-0.4, -0.2) is 16.7 Å². The maximum atomic E-state index is 4.02. The zero-order valence-electron chi connectivity index (χ0n) is 8.40. The van der Waals surface area contributed by atoms with Crippen molar-refractivity contribution in [3.63, 3.8) is 0 Å². The van der Waals surface area contributed by atoms with Gasteiger partial charge in [0.2, 0.25) is 10.3 Å².